The molecule has 1 N–H and O–H groups in total. The summed E-state index contributed by atoms with van der Waals surface area (Å²) in [7, 11) is 0. The van der Waals surface area contributed by atoms with E-state index in [2.05, 4.69) is 34.6 Å². The van der Waals surface area contributed by atoms with Crippen molar-refractivity contribution < 1.29 is 5.11 Å². The summed E-state index contributed by atoms with van der Waals surface area (Å²) in [6.45, 7) is 17.1. The van der Waals surface area contributed by atoms with Gasteiger partial charge in [-0.2, -0.15) is 0 Å². The van der Waals surface area contributed by atoms with Gasteiger partial charge in [-0.15, -0.1) is 0 Å². The van der Waals surface area contributed by atoms with Crippen LogP contribution in [-0.2, 0) is 0 Å². The predicted octanol–water partition coefficient (Wildman–Crippen LogP) is 8.02. The molecule has 4 aliphatic carbocycles. The molecule has 4 saturated carbocycles. The molecule has 4 aliphatic rings. The van der Waals surface area contributed by atoms with Crippen molar-refractivity contribution in [2.75, 3.05) is 0 Å². The van der Waals surface area contributed by atoms with E-state index in [-0.39, 0.29) is 6.10 Å². The van der Waals surface area contributed by atoms with Crippen LogP contribution >= 0.6 is 0 Å². The summed E-state index contributed by atoms with van der Waals surface area (Å²) in [5.74, 6) is 5.99. The van der Waals surface area contributed by atoms with Crippen LogP contribution in [0.15, 0.2) is 12.2 Å². The van der Waals surface area contributed by atoms with E-state index < -0.39 is 0 Å². The van der Waals surface area contributed by atoms with Crippen molar-refractivity contribution in [3.05, 3.63) is 12.2 Å². The van der Waals surface area contributed by atoms with Gasteiger partial charge in [-0.05, 0) is 123 Å². The summed E-state index contributed by atoms with van der Waals surface area (Å²) in [5.41, 5.74) is 2.61. The molecule has 0 saturated heterocycles. The second-order valence-electron chi connectivity index (χ2n) is 12.9. The minimum Gasteiger partial charge on any atom is -0.393 e. The second kappa shape index (κ2) is 8.57. The van der Waals surface area contributed by atoms with E-state index in [1.165, 1.54) is 64.2 Å². The van der Waals surface area contributed by atoms with E-state index in [1.54, 1.807) is 5.57 Å². The zero-order valence-electron chi connectivity index (χ0n) is 20.8. The van der Waals surface area contributed by atoms with E-state index in [1.807, 2.05) is 0 Å². The summed E-state index contributed by atoms with van der Waals surface area (Å²) in [4.78, 5) is 0. The Bertz CT molecular complexity index is 622. The molecule has 0 bridgehead atoms. The van der Waals surface area contributed by atoms with Crippen molar-refractivity contribution in [1.82, 2.24) is 0 Å². The fourth-order valence-corrected chi connectivity index (χ4v) is 9.46. The molecule has 4 rings (SSSR count). The fourth-order valence-electron chi connectivity index (χ4n) is 9.46. The van der Waals surface area contributed by atoms with Crippen molar-refractivity contribution in [3.63, 3.8) is 0 Å². The van der Waals surface area contributed by atoms with E-state index >= 15 is 0 Å². The van der Waals surface area contributed by atoms with Crippen LogP contribution in [0.25, 0.3) is 0 Å². The molecule has 0 aromatic carbocycles. The van der Waals surface area contributed by atoms with Gasteiger partial charge in [0, 0.05) is 0 Å². The Balaban J connectivity index is 1.45. The standard InChI is InChI=1S/C29H50O/c1-7-21(19(2)3)9-8-20(4)25-12-13-26-24-11-10-22-18-23(30)14-16-28(22,5)27(24)15-17-29(25,26)6/h19,21-27,30H,4,7-18H2,1-3,5-6H3. The number of hydrogen-bond acceptors (Lipinski definition) is 1. The van der Waals surface area contributed by atoms with Crippen LogP contribution in [0.3, 0.4) is 0 Å². The first kappa shape index (κ1) is 22.9. The molecular weight excluding hydrogens is 364 g/mol. The minimum atomic E-state index is -0.0227. The van der Waals surface area contributed by atoms with Crippen molar-refractivity contribution in [1.29, 1.82) is 0 Å². The van der Waals surface area contributed by atoms with Gasteiger partial charge >= 0.3 is 0 Å². The molecule has 0 aromatic heterocycles. The van der Waals surface area contributed by atoms with Crippen LogP contribution in [0.5, 0.6) is 0 Å². The first-order valence-electron chi connectivity index (χ1n) is 13.6. The Labute approximate surface area is 187 Å². The normalized spacial score (nSPS) is 46.8. The monoisotopic (exact) mass is 414 g/mol. The summed E-state index contributed by atoms with van der Waals surface area (Å²) < 4.78 is 0. The molecule has 0 amide bonds. The van der Waals surface area contributed by atoms with Gasteiger partial charge < -0.3 is 5.11 Å². The maximum atomic E-state index is 10.3. The Morgan fingerprint density at radius 3 is 2.37 bits per heavy atom. The van der Waals surface area contributed by atoms with Crippen molar-refractivity contribution in [3.8, 4) is 0 Å². The number of aliphatic hydroxyl groups is 1. The second-order valence-corrected chi connectivity index (χ2v) is 12.9. The Morgan fingerprint density at radius 1 is 0.967 bits per heavy atom. The van der Waals surface area contributed by atoms with Crippen LogP contribution in [0, 0.1) is 52.3 Å². The molecule has 1 heteroatoms. The molecule has 0 spiro atoms. The molecule has 0 radical (unpaired) electrons. The molecule has 1 nitrogen and oxygen atoms in total. The number of fused-ring (bicyclic) bond motifs is 5. The quantitative estimate of drug-likeness (QED) is 0.436. The summed E-state index contributed by atoms with van der Waals surface area (Å²) in [6, 6.07) is 0. The fraction of sp³-hybridized carbons (Fsp3) is 0.931. The van der Waals surface area contributed by atoms with Crippen molar-refractivity contribution >= 4 is 0 Å². The highest BCUT2D eigenvalue weighted by Crippen LogP contribution is 2.68. The third-order valence-corrected chi connectivity index (χ3v) is 11.4. The van der Waals surface area contributed by atoms with Gasteiger partial charge in [-0.25, -0.2) is 0 Å². The molecule has 0 aromatic rings. The summed E-state index contributed by atoms with van der Waals surface area (Å²) in [6.07, 6.45) is 15.8. The van der Waals surface area contributed by atoms with Gasteiger partial charge in [0.25, 0.3) is 0 Å². The van der Waals surface area contributed by atoms with Gasteiger partial charge in [0.15, 0.2) is 0 Å². The highest BCUT2D eigenvalue weighted by molar-refractivity contribution is 5.16. The largest absolute Gasteiger partial charge is 0.393 e. The van der Waals surface area contributed by atoms with Crippen molar-refractivity contribution in [2.45, 2.75) is 118 Å². The first-order chi connectivity index (χ1) is 14.2. The Hall–Kier alpha value is -0.300. The summed E-state index contributed by atoms with van der Waals surface area (Å²) in [5, 5.41) is 10.3. The third-order valence-electron chi connectivity index (χ3n) is 11.4. The maximum Gasteiger partial charge on any atom is 0.0543 e. The lowest BCUT2D eigenvalue weighted by Gasteiger charge is -2.61. The SMILES string of the molecule is C=C(CCC(CC)C(C)C)C1CCC2C3CCC4CC(O)CCC4(C)C3CCC12C. The molecule has 0 heterocycles. The van der Waals surface area contributed by atoms with Crippen LogP contribution in [0.2, 0.25) is 0 Å². The van der Waals surface area contributed by atoms with Gasteiger partial charge in [-0.3, -0.25) is 0 Å². The van der Waals surface area contributed by atoms with Gasteiger partial charge in [-0.1, -0.05) is 53.2 Å². The Morgan fingerprint density at radius 2 is 1.67 bits per heavy atom. The number of hydrogen-bond donors (Lipinski definition) is 1. The molecule has 172 valence electrons. The smallest absolute Gasteiger partial charge is 0.0543 e. The highest BCUT2D eigenvalue weighted by Gasteiger charge is 2.60. The van der Waals surface area contributed by atoms with Crippen LogP contribution < -0.4 is 0 Å². The molecule has 0 aliphatic heterocycles. The van der Waals surface area contributed by atoms with E-state index in [0.717, 1.165) is 54.3 Å². The molecule has 9 atom stereocenters. The molecule has 4 fully saturated rings. The minimum absolute atomic E-state index is 0.0227. The zero-order chi connectivity index (χ0) is 21.7. The van der Waals surface area contributed by atoms with Gasteiger partial charge in [0.05, 0.1) is 6.10 Å². The molecular formula is C29H50O. The third kappa shape index (κ3) is 3.74. The number of allylic oxidation sites excluding steroid dienone is 1. The van der Waals surface area contributed by atoms with Gasteiger partial charge in [0.1, 0.15) is 0 Å². The lowest BCUT2D eigenvalue weighted by atomic mass is 9.44. The number of aliphatic hydroxyl groups excluding tert-OH is 1. The lowest BCUT2D eigenvalue weighted by Crippen LogP contribution is -2.54. The Kier molecular flexibility index (Phi) is 6.53. The van der Waals surface area contributed by atoms with E-state index in [9.17, 15) is 5.11 Å². The topological polar surface area (TPSA) is 20.2 Å². The number of rotatable bonds is 6. The van der Waals surface area contributed by atoms with E-state index in [4.69, 9.17) is 6.58 Å². The average Bonchev–Trinajstić information content (AvgIpc) is 3.06. The van der Waals surface area contributed by atoms with Gasteiger partial charge in [0.2, 0.25) is 0 Å². The lowest BCUT2D eigenvalue weighted by molar-refractivity contribution is -0.124. The zero-order valence-corrected chi connectivity index (χ0v) is 20.8. The van der Waals surface area contributed by atoms with Crippen LogP contribution in [0.4, 0.5) is 0 Å². The highest BCUT2D eigenvalue weighted by atomic mass is 16.3. The summed E-state index contributed by atoms with van der Waals surface area (Å²) >= 11 is 0. The predicted molar refractivity (Wildman–Crippen MR) is 128 cm³/mol. The average molecular weight is 415 g/mol. The first-order valence-corrected chi connectivity index (χ1v) is 13.6. The van der Waals surface area contributed by atoms with Crippen molar-refractivity contribution in [2.24, 2.45) is 52.3 Å². The van der Waals surface area contributed by atoms with E-state index in [0.29, 0.717) is 10.8 Å². The molecule has 9 unspecified atom stereocenters. The maximum absolute atomic E-state index is 10.3. The van der Waals surface area contributed by atoms with Crippen LogP contribution in [-0.4, -0.2) is 11.2 Å². The van der Waals surface area contributed by atoms with Crippen LogP contribution in [0.1, 0.15) is 112 Å². The molecule has 30 heavy (non-hydrogen) atoms.